The van der Waals surface area contributed by atoms with Gasteiger partial charge in [-0.2, -0.15) is 0 Å². The van der Waals surface area contributed by atoms with Gasteiger partial charge < -0.3 is 10.3 Å². The first-order valence-corrected chi connectivity index (χ1v) is 7.84. The third-order valence-corrected chi connectivity index (χ3v) is 4.79. The van der Waals surface area contributed by atoms with Crippen molar-refractivity contribution in [2.45, 2.75) is 25.9 Å². The molecular weight excluding hydrogens is 270 g/mol. The van der Waals surface area contributed by atoms with Crippen LogP contribution in [0.2, 0.25) is 0 Å². The van der Waals surface area contributed by atoms with Gasteiger partial charge in [-0.15, -0.1) is 11.3 Å². The van der Waals surface area contributed by atoms with Gasteiger partial charge in [0.1, 0.15) is 0 Å². The highest BCUT2D eigenvalue weighted by atomic mass is 32.1. The maximum absolute atomic E-state index is 11.7. The highest BCUT2D eigenvalue weighted by molar-refractivity contribution is 7.10. The molecule has 0 saturated heterocycles. The number of rotatable bonds is 4. The fourth-order valence-electron chi connectivity index (χ4n) is 2.69. The Hall–Kier alpha value is -1.59. The van der Waals surface area contributed by atoms with Crippen molar-refractivity contribution in [2.75, 3.05) is 18.8 Å². The molecule has 20 heavy (non-hydrogen) atoms. The van der Waals surface area contributed by atoms with E-state index in [1.807, 2.05) is 11.3 Å². The van der Waals surface area contributed by atoms with Crippen molar-refractivity contribution in [3.05, 3.63) is 50.6 Å². The molecule has 1 aliphatic rings. The molecule has 0 spiro atoms. The Kier molecular flexibility index (Phi) is 3.89. The first kappa shape index (κ1) is 13.4. The van der Waals surface area contributed by atoms with Gasteiger partial charge in [0.15, 0.2) is 0 Å². The Labute approximate surface area is 122 Å². The topological polar surface area (TPSA) is 51.3 Å². The fraction of sp³-hybridized carbons (Fsp3) is 0.400. The SMILES string of the molecule is Nc1ccc(=O)n(CCCN2CCc3sccc3C2)c1. The van der Waals surface area contributed by atoms with E-state index in [1.54, 1.807) is 16.8 Å². The van der Waals surface area contributed by atoms with Gasteiger partial charge in [-0.25, -0.2) is 0 Å². The van der Waals surface area contributed by atoms with Crippen LogP contribution in [0.3, 0.4) is 0 Å². The molecule has 2 N–H and O–H groups in total. The first-order chi connectivity index (χ1) is 9.72. The van der Waals surface area contributed by atoms with Gasteiger partial charge in [-0.05, 0) is 35.9 Å². The molecule has 0 amide bonds. The van der Waals surface area contributed by atoms with E-state index < -0.39 is 0 Å². The smallest absolute Gasteiger partial charge is 0.250 e. The first-order valence-electron chi connectivity index (χ1n) is 6.96. The molecule has 0 atom stereocenters. The lowest BCUT2D eigenvalue weighted by Gasteiger charge is -2.26. The van der Waals surface area contributed by atoms with E-state index in [0.29, 0.717) is 5.69 Å². The number of anilines is 1. The predicted octanol–water partition coefficient (Wildman–Crippen LogP) is 1.94. The molecule has 3 rings (SSSR count). The third-order valence-electron chi connectivity index (χ3n) is 3.77. The lowest BCUT2D eigenvalue weighted by molar-refractivity contribution is 0.248. The second kappa shape index (κ2) is 5.81. The van der Waals surface area contributed by atoms with Crippen LogP contribution in [-0.4, -0.2) is 22.6 Å². The summed E-state index contributed by atoms with van der Waals surface area (Å²) in [4.78, 5) is 15.7. The molecule has 5 heteroatoms. The summed E-state index contributed by atoms with van der Waals surface area (Å²) in [6.07, 6.45) is 3.86. The number of fused-ring (bicyclic) bond motifs is 1. The molecule has 0 bridgehead atoms. The van der Waals surface area contributed by atoms with E-state index in [9.17, 15) is 4.79 Å². The molecule has 2 aromatic heterocycles. The quantitative estimate of drug-likeness (QED) is 0.936. The summed E-state index contributed by atoms with van der Waals surface area (Å²) in [5, 5.41) is 2.18. The zero-order chi connectivity index (χ0) is 13.9. The Morgan fingerprint density at radius 2 is 2.15 bits per heavy atom. The standard InChI is InChI=1S/C15H19N3OS/c16-13-2-3-15(19)18(11-13)7-1-6-17-8-4-14-12(10-17)5-9-20-14/h2-3,5,9,11H,1,4,6-8,10,16H2. The van der Waals surface area contributed by atoms with Gasteiger partial charge in [0, 0.05) is 49.0 Å². The second-order valence-corrected chi connectivity index (χ2v) is 6.24. The normalized spacial score (nSPS) is 15.2. The molecule has 1 aliphatic heterocycles. The van der Waals surface area contributed by atoms with Crippen LogP contribution in [0.5, 0.6) is 0 Å². The Morgan fingerprint density at radius 1 is 1.25 bits per heavy atom. The average Bonchev–Trinajstić information content (AvgIpc) is 2.90. The van der Waals surface area contributed by atoms with Crippen LogP contribution in [0.15, 0.2) is 34.6 Å². The van der Waals surface area contributed by atoms with Crippen molar-refractivity contribution in [1.82, 2.24) is 9.47 Å². The molecule has 0 radical (unpaired) electrons. The fourth-order valence-corrected chi connectivity index (χ4v) is 3.58. The largest absolute Gasteiger partial charge is 0.398 e. The van der Waals surface area contributed by atoms with E-state index in [0.717, 1.165) is 39.0 Å². The lowest BCUT2D eigenvalue weighted by Crippen LogP contribution is -2.31. The monoisotopic (exact) mass is 289 g/mol. The maximum atomic E-state index is 11.7. The van der Waals surface area contributed by atoms with Gasteiger partial charge in [0.2, 0.25) is 0 Å². The van der Waals surface area contributed by atoms with Gasteiger partial charge in [-0.1, -0.05) is 0 Å². The van der Waals surface area contributed by atoms with Crippen LogP contribution >= 0.6 is 11.3 Å². The van der Waals surface area contributed by atoms with Gasteiger partial charge >= 0.3 is 0 Å². The number of aryl methyl sites for hydroxylation is 1. The van der Waals surface area contributed by atoms with Crippen LogP contribution in [0, 0.1) is 0 Å². The molecule has 0 fully saturated rings. The summed E-state index contributed by atoms with van der Waals surface area (Å²) in [5.74, 6) is 0. The van der Waals surface area contributed by atoms with E-state index in [4.69, 9.17) is 5.73 Å². The lowest BCUT2D eigenvalue weighted by atomic mass is 10.1. The average molecular weight is 289 g/mol. The van der Waals surface area contributed by atoms with Gasteiger partial charge in [-0.3, -0.25) is 9.69 Å². The number of hydrogen-bond acceptors (Lipinski definition) is 4. The van der Waals surface area contributed by atoms with Crippen LogP contribution < -0.4 is 11.3 Å². The van der Waals surface area contributed by atoms with Gasteiger partial charge in [0.25, 0.3) is 5.56 Å². The highest BCUT2D eigenvalue weighted by Gasteiger charge is 2.16. The summed E-state index contributed by atoms with van der Waals surface area (Å²) in [5.41, 5.74) is 7.86. The summed E-state index contributed by atoms with van der Waals surface area (Å²) < 4.78 is 1.70. The minimum absolute atomic E-state index is 0.0259. The Balaban J connectivity index is 1.54. The molecular formula is C15H19N3OS. The van der Waals surface area contributed by atoms with Crippen LogP contribution in [0.25, 0.3) is 0 Å². The number of hydrogen-bond donors (Lipinski definition) is 1. The van der Waals surface area contributed by atoms with Crippen LogP contribution in [0.1, 0.15) is 16.9 Å². The van der Waals surface area contributed by atoms with Crippen molar-refractivity contribution in [3.8, 4) is 0 Å². The number of nitrogens with two attached hydrogens (primary N) is 1. The van der Waals surface area contributed by atoms with Crippen molar-refractivity contribution in [2.24, 2.45) is 0 Å². The molecule has 3 heterocycles. The van der Waals surface area contributed by atoms with E-state index >= 15 is 0 Å². The molecule has 0 aliphatic carbocycles. The Morgan fingerprint density at radius 3 is 3.05 bits per heavy atom. The molecule has 2 aromatic rings. The zero-order valence-corrected chi connectivity index (χ0v) is 12.2. The molecule has 4 nitrogen and oxygen atoms in total. The third kappa shape index (κ3) is 2.94. The number of pyridine rings is 1. The second-order valence-electron chi connectivity index (χ2n) is 5.24. The molecule has 0 saturated carbocycles. The highest BCUT2D eigenvalue weighted by Crippen LogP contribution is 2.23. The van der Waals surface area contributed by atoms with Crippen molar-refractivity contribution in [3.63, 3.8) is 0 Å². The summed E-state index contributed by atoms with van der Waals surface area (Å²) in [6.45, 7) is 3.93. The van der Waals surface area contributed by atoms with Crippen LogP contribution in [-0.2, 0) is 19.5 Å². The molecule has 0 aromatic carbocycles. The Bertz CT molecular complexity index is 647. The maximum Gasteiger partial charge on any atom is 0.250 e. The van der Waals surface area contributed by atoms with E-state index in [2.05, 4.69) is 16.3 Å². The molecule has 106 valence electrons. The number of aromatic nitrogens is 1. The van der Waals surface area contributed by atoms with Crippen LogP contribution in [0.4, 0.5) is 5.69 Å². The number of thiophene rings is 1. The summed E-state index contributed by atoms with van der Waals surface area (Å²) in [7, 11) is 0. The molecule has 0 unspecified atom stereocenters. The van der Waals surface area contributed by atoms with E-state index in [1.165, 1.54) is 16.5 Å². The van der Waals surface area contributed by atoms with Crippen molar-refractivity contribution in [1.29, 1.82) is 0 Å². The number of nitrogen functional groups attached to an aromatic ring is 1. The number of nitrogens with zero attached hydrogens (tertiary/aromatic N) is 2. The minimum atomic E-state index is 0.0259. The zero-order valence-electron chi connectivity index (χ0n) is 11.4. The predicted molar refractivity (Wildman–Crippen MR) is 83.0 cm³/mol. The van der Waals surface area contributed by atoms with Gasteiger partial charge in [0.05, 0.1) is 0 Å². The summed E-state index contributed by atoms with van der Waals surface area (Å²) >= 11 is 1.87. The summed E-state index contributed by atoms with van der Waals surface area (Å²) in [6, 6.07) is 5.42. The minimum Gasteiger partial charge on any atom is -0.398 e. The van der Waals surface area contributed by atoms with Crippen molar-refractivity contribution >= 4 is 17.0 Å². The van der Waals surface area contributed by atoms with E-state index in [-0.39, 0.29) is 5.56 Å². The van der Waals surface area contributed by atoms with Crippen molar-refractivity contribution < 1.29 is 0 Å².